The molecule has 2 fully saturated rings. The summed E-state index contributed by atoms with van der Waals surface area (Å²) >= 11 is 0. The molecule has 212 valence electrons. The normalized spacial score (nSPS) is 15.8. The number of Topliss-reactive ketones (excluding diaryl/α,β-unsaturated/α-hetero) is 1. The zero-order valence-corrected chi connectivity index (χ0v) is 23.0. The number of hydrogen-bond acceptors (Lipinski definition) is 6. The fourth-order valence-electron chi connectivity index (χ4n) is 5.39. The molecule has 10 nitrogen and oxygen atoms in total. The van der Waals surface area contributed by atoms with Gasteiger partial charge in [0, 0.05) is 37.4 Å². The number of aliphatic hydroxyl groups excluding tert-OH is 1. The molecule has 40 heavy (non-hydrogen) atoms. The van der Waals surface area contributed by atoms with E-state index in [4.69, 9.17) is 9.84 Å². The number of carbonyl (C=O) groups is 3. The third kappa shape index (κ3) is 5.54. The SMILES string of the molecule is CCc1cc2c(c(OCC3CC3)c(C(=O)NC3CCN(C(=O)CO)CC3)n2C)c(=O)n1CC(=O)c1ccccc1. The van der Waals surface area contributed by atoms with Crippen LogP contribution in [0.1, 0.15) is 59.1 Å². The molecule has 2 N–H and O–H groups in total. The van der Waals surface area contributed by atoms with Crippen LogP contribution >= 0.6 is 0 Å². The van der Waals surface area contributed by atoms with Crippen molar-refractivity contribution in [3.05, 3.63) is 63.7 Å². The molecule has 3 heterocycles. The van der Waals surface area contributed by atoms with Gasteiger partial charge < -0.3 is 29.2 Å². The van der Waals surface area contributed by atoms with E-state index in [9.17, 15) is 19.2 Å². The van der Waals surface area contributed by atoms with Crippen molar-refractivity contribution in [1.29, 1.82) is 0 Å². The topological polar surface area (TPSA) is 123 Å². The van der Waals surface area contributed by atoms with Crippen molar-refractivity contribution in [3.8, 4) is 5.75 Å². The first-order valence-corrected chi connectivity index (χ1v) is 14.0. The summed E-state index contributed by atoms with van der Waals surface area (Å²) in [6, 6.07) is 10.6. The third-order valence-corrected chi connectivity index (χ3v) is 7.96. The van der Waals surface area contributed by atoms with Gasteiger partial charge in [-0.05, 0) is 44.1 Å². The van der Waals surface area contributed by atoms with Gasteiger partial charge in [0.2, 0.25) is 5.91 Å². The smallest absolute Gasteiger partial charge is 0.272 e. The third-order valence-electron chi connectivity index (χ3n) is 7.96. The number of likely N-dealkylation sites (tertiary alicyclic amines) is 1. The van der Waals surface area contributed by atoms with Crippen LogP contribution in [0.15, 0.2) is 41.2 Å². The van der Waals surface area contributed by atoms with Crippen LogP contribution in [-0.2, 0) is 24.8 Å². The van der Waals surface area contributed by atoms with Crippen LogP contribution in [0.5, 0.6) is 5.75 Å². The van der Waals surface area contributed by atoms with Crippen molar-refractivity contribution in [2.24, 2.45) is 13.0 Å². The number of rotatable bonds is 10. The fraction of sp³-hybridized carbons (Fsp3) is 0.467. The lowest BCUT2D eigenvalue weighted by Gasteiger charge is -2.32. The number of aryl methyl sites for hydroxylation is 2. The monoisotopic (exact) mass is 548 g/mol. The van der Waals surface area contributed by atoms with E-state index in [0.29, 0.717) is 67.0 Å². The van der Waals surface area contributed by atoms with Crippen molar-refractivity contribution < 1.29 is 24.2 Å². The molecule has 1 aromatic carbocycles. The molecule has 1 saturated carbocycles. The summed E-state index contributed by atoms with van der Waals surface area (Å²) in [6.07, 6.45) is 3.76. The summed E-state index contributed by atoms with van der Waals surface area (Å²) in [6.45, 7) is 2.61. The Morgan fingerprint density at radius 3 is 2.40 bits per heavy atom. The van der Waals surface area contributed by atoms with Gasteiger partial charge in [-0.3, -0.25) is 19.2 Å². The largest absolute Gasteiger partial charge is 0.490 e. The number of ketones is 1. The van der Waals surface area contributed by atoms with E-state index in [0.717, 1.165) is 12.8 Å². The maximum absolute atomic E-state index is 14.0. The van der Waals surface area contributed by atoms with E-state index in [2.05, 4.69) is 5.32 Å². The second-order valence-corrected chi connectivity index (χ2v) is 10.7. The zero-order chi connectivity index (χ0) is 28.4. The Morgan fingerprint density at radius 1 is 1.07 bits per heavy atom. The van der Waals surface area contributed by atoms with Crippen LogP contribution in [0.3, 0.4) is 0 Å². The molecule has 1 aliphatic heterocycles. The minimum atomic E-state index is -0.525. The predicted molar refractivity (Wildman–Crippen MR) is 150 cm³/mol. The number of nitrogens with zero attached hydrogens (tertiary/aromatic N) is 3. The quantitative estimate of drug-likeness (QED) is 0.375. The zero-order valence-electron chi connectivity index (χ0n) is 23.0. The van der Waals surface area contributed by atoms with Crippen molar-refractivity contribution in [2.75, 3.05) is 26.3 Å². The highest BCUT2D eigenvalue weighted by Gasteiger charge is 2.31. The molecule has 0 spiro atoms. The number of aliphatic hydroxyl groups is 1. The number of piperidine rings is 1. The van der Waals surface area contributed by atoms with Gasteiger partial charge in [0.1, 0.15) is 12.0 Å². The predicted octanol–water partition coefficient (Wildman–Crippen LogP) is 2.29. The number of carbonyl (C=O) groups excluding carboxylic acids is 3. The molecule has 1 aliphatic carbocycles. The Hall–Kier alpha value is -3.92. The van der Waals surface area contributed by atoms with E-state index in [1.807, 2.05) is 19.1 Å². The summed E-state index contributed by atoms with van der Waals surface area (Å²) in [5.74, 6) is -0.180. The fourth-order valence-corrected chi connectivity index (χ4v) is 5.39. The molecule has 10 heteroatoms. The average molecular weight is 549 g/mol. The number of fused-ring (bicyclic) bond motifs is 1. The molecular formula is C30H36N4O6. The number of ether oxygens (including phenoxy) is 1. The van der Waals surface area contributed by atoms with Crippen LogP contribution in [0, 0.1) is 5.92 Å². The van der Waals surface area contributed by atoms with Crippen molar-refractivity contribution >= 4 is 28.5 Å². The summed E-state index contributed by atoms with van der Waals surface area (Å²) in [7, 11) is 1.75. The second kappa shape index (κ2) is 11.7. The number of nitrogens with one attached hydrogen (secondary N) is 1. The molecule has 0 atom stereocenters. The highest BCUT2D eigenvalue weighted by atomic mass is 16.5. The first-order valence-electron chi connectivity index (χ1n) is 14.0. The lowest BCUT2D eigenvalue weighted by Crippen LogP contribution is -2.47. The summed E-state index contributed by atoms with van der Waals surface area (Å²) in [5.41, 5.74) is 1.74. The van der Waals surface area contributed by atoms with Gasteiger partial charge in [-0.15, -0.1) is 0 Å². The van der Waals surface area contributed by atoms with E-state index in [1.54, 1.807) is 40.8 Å². The number of amides is 2. The van der Waals surface area contributed by atoms with Gasteiger partial charge in [0.05, 0.1) is 18.7 Å². The van der Waals surface area contributed by atoms with Crippen LogP contribution in [-0.4, -0.2) is 69.1 Å². The Labute approximate surface area is 232 Å². The summed E-state index contributed by atoms with van der Waals surface area (Å²) in [4.78, 5) is 54.1. The van der Waals surface area contributed by atoms with Gasteiger partial charge in [0.25, 0.3) is 11.5 Å². The average Bonchev–Trinajstić information content (AvgIpc) is 3.76. The van der Waals surface area contributed by atoms with Crippen LogP contribution < -0.4 is 15.6 Å². The molecule has 1 saturated heterocycles. The Bertz CT molecular complexity index is 1480. The molecular weight excluding hydrogens is 512 g/mol. The van der Waals surface area contributed by atoms with Gasteiger partial charge in [0.15, 0.2) is 17.2 Å². The minimum Gasteiger partial charge on any atom is -0.490 e. The summed E-state index contributed by atoms with van der Waals surface area (Å²) < 4.78 is 9.41. The van der Waals surface area contributed by atoms with Crippen LogP contribution in [0.2, 0.25) is 0 Å². The molecule has 0 bridgehead atoms. The maximum atomic E-state index is 14.0. The molecule has 5 rings (SSSR count). The number of hydrogen-bond donors (Lipinski definition) is 2. The molecule has 0 radical (unpaired) electrons. The number of benzene rings is 1. The molecule has 3 aromatic rings. The second-order valence-electron chi connectivity index (χ2n) is 10.7. The lowest BCUT2D eigenvalue weighted by atomic mass is 10.0. The van der Waals surface area contributed by atoms with Crippen molar-refractivity contribution in [3.63, 3.8) is 0 Å². The number of pyridine rings is 1. The molecule has 2 aromatic heterocycles. The van der Waals surface area contributed by atoms with Crippen LogP contribution in [0.25, 0.3) is 10.9 Å². The first kappa shape index (κ1) is 27.6. The highest BCUT2D eigenvalue weighted by molar-refractivity contribution is 6.04. The van der Waals surface area contributed by atoms with E-state index in [1.165, 1.54) is 4.57 Å². The Kier molecular flexibility index (Phi) is 8.07. The Morgan fingerprint density at radius 2 is 1.77 bits per heavy atom. The van der Waals surface area contributed by atoms with Gasteiger partial charge >= 0.3 is 0 Å². The van der Waals surface area contributed by atoms with Crippen molar-refractivity contribution in [2.45, 2.75) is 51.6 Å². The molecule has 2 amide bonds. The van der Waals surface area contributed by atoms with E-state index >= 15 is 0 Å². The maximum Gasteiger partial charge on any atom is 0.272 e. The van der Waals surface area contributed by atoms with Gasteiger partial charge in [-0.25, -0.2) is 0 Å². The van der Waals surface area contributed by atoms with E-state index < -0.39 is 6.61 Å². The molecule has 0 unspecified atom stereocenters. The first-order chi connectivity index (χ1) is 19.3. The van der Waals surface area contributed by atoms with Gasteiger partial charge in [-0.2, -0.15) is 0 Å². The van der Waals surface area contributed by atoms with Crippen LogP contribution in [0.4, 0.5) is 0 Å². The van der Waals surface area contributed by atoms with Crippen molar-refractivity contribution in [1.82, 2.24) is 19.4 Å². The highest BCUT2D eigenvalue weighted by Crippen LogP contribution is 2.35. The molecule has 2 aliphatic rings. The van der Waals surface area contributed by atoms with Gasteiger partial charge in [-0.1, -0.05) is 37.3 Å². The standard InChI is InChI=1S/C30H36N4O6/c1-3-22-15-23-26(30(39)34(22)16-24(36)20-7-5-4-6-8-20)28(40-18-19-9-10-19)27(32(23)2)29(38)31-21-11-13-33(14-12-21)25(37)17-35/h4-8,15,19,21,35H,3,9-14,16-18H2,1-2H3,(H,31,38). The minimum absolute atomic E-state index is 0.106. The lowest BCUT2D eigenvalue weighted by molar-refractivity contribution is -0.135. The number of aromatic nitrogens is 2. The van der Waals surface area contributed by atoms with E-state index in [-0.39, 0.29) is 47.2 Å². The summed E-state index contributed by atoms with van der Waals surface area (Å²) in [5, 5.41) is 12.5. The Balaban J connectivity index is 1.50.